The number of carbonyl (C=O) groups is 4. The molecule has 0 spiro atoms. The van der Waals surface area contributed by atoms with Gasteiger partial charge in [0.15, 0.2) is 23.7 Å². The van der Waals surface area contributed by atoms with Gasteiger partial charge in [-0.05, 0) is 35.4 Å². The second kappa shape index (κ2) is 14.8. The number of fused-ring (bicyclic) bond motifs is 1. The van der Waals surface area contributed by atoms with Crippen molar-refractivity contribution in [2.75, 3.05) is 7.11 Å². The summed E-state index contributed by atoms with van der Waals surface area (Å²) in [5.74, 6) is -2.66. The van der Waals surface area contributed by atoms with Crippen molar-refractivity contribution in [2.24, 2.45) is 0 Å². The second-order valence-corrected chi connectivity index (χ2v) is 10.7. The summed E-state index contributed by atoms with van der Waals surface area (Å²) in [5, 5.41) is 0.354. The highest BCUT2D eigenvalue weighted by Crippen LogP contribution is 2.32. The number of methoxy groups -OCH3 is 1. The Balaban J connectivity index is 1.38. The first-order valence-corrected chi connectivity index (χ1v) is 14.8. The molecule has 0 amide bonds. The van der Waals surface area contributed by atoms with E-state index in [2.05, 4.69) is 0 Å². The molecular formula is C35H32O13. The minimum atomic E-state index is -1.61. The molecule has 48 heavy (non-hydrogen) atoms. The van der Waals surface area contributed by atoms with Crippen LogP contribution in [0.2, 0.25) is 0 Å². The van der Waals surface area contributed by atoms with E-state index in [4.69, 9.17) is 37.6 Å². The van der Waals surface area contributed by atoms with E-state index in [0.29, 0.717) is 28.9 Å². The van der Waals surface area contributed by atoms with Crippen molar-refractivity contribution in [3.63, 3.8) is 0 Å². The molecule has 13 nitrogen and oxygen atoms in total. The lowest BCUT2D eigenvalue weighted by atomic mass is 9.97. The van der Waals surface area contributed by atoms with E-state index in [-0.39, 0.29) is 16.7 Å². The minimum Gasteiger partial charge on any atom is -0.489 e. The number of hydrogen-bond donors (Lipinski definition) is 0. The molecule has 5 rings (SSSR count). The molecule has 0 aliphatic carbocycles. The Bertz CT molecular complexity index is 1850. The summed E-state index contributed by atoms with van der Waals surface area (Å²) in [7, 11) is 1.09. The van der Waals surface area contributed by atoms with Gasteiger partial charge in [-0.1, -0.05) is 42.5 Å². The Morgan fingerprint density at radius 2 is 1.38 bits per heavy atom. The predicted octanol–water partition coefficient (Wildman–Crippen LogP) is 4.11. The third-order valence-electron chi connectivity index (χ3n) is 7.25. The van der Waals surface area contributed by atoms with Crippen LogP contribution in [0.25, 0.3) is 22.1 Å². The molecule has 1 saturated heterocycles. The van der Waals surface area contributed by atoms with Gasteiger partial charge in [0.2, 0.25) is 12.4 Å². The van der Waals surface area contributed by atoms with Gasteiger partial charge in [0.25, 0.3) is 0 Å². The van der Waals surface area contributed by atoms with Crippen LogP contribution in [-0.2, 0) is 49.5 Å². The fourth-order valence-electron chi connectivity index (χ4n) is 5.16. The summed E-state index contributed by atoms with van der Waals surface area (Å²) < 4.78 is 44.2. The van der Waals surface area contributed by atoms with Crippen LogP contribution in [-0.4, -0.2) is 61.7 Å². The maximum Gasteiger partial charge on any atom is 0.339 e. The summed E-state index contributed by atoms with van der Waals surface area (Å²) in [4.78, 5) is 62.1. The molecule has 2 heterocycles. The van der Waals surface area contributed by atoms with Crippen molar-refractivity contribution in [1.82, 2.24) is 0 Å². The van der Waals surface area contributed by atoms with Crippen LogP contribution in [0.3, 0.4) is 0 Å². The Morgan fingerprint density at radius 1 is 0.750 bits per heavy atom. The van der Waals surface area contributed by atoms with Gasteiger partial charge in [0.05, 0.1) is 18.1 Å². The Kier molecular flexibility index (Phi) is 10.4. The summed E-state index contributed by atoms with van der Waals surface area (Å²) >= 11 is 0. The van der Waals surface area contributed by atoms with Crippen molar-refractivity contribution in [1.29, 1.82) is 0 Å². The second-order valence-electron chi connectivity index (χ2n) is 10.7. The predicted molar refractivity (Wildman–Crippen MR) is 167 cm³/mol. The quantitative estimate of drug-likeness (QED) is 0.177. The number of ether oxygens (including phenoxy) is 7. The van der Waals surface area contributed by atoms with Crippen LogP contribution in [0.1, 0.15) is 26.3 Å². The van der Waals surface area contributed by atoms with Gasteiger partial charge in [-0.3, -0.25) is 19.2 Å². The maximum atomic E-state index is 13.4. The Labute approximate surface area is 274 Å². The Hall–Kier alpha value is -5.69. The van der Waals surface area contributed by atoms with E-state index in [9.17, 15) is 24.0 Å². The molecule has 0 bridgehead atoms. The molecule has 0 radical (unpaired) electrons. The standard InChI is InChI=1S/C35H32O13/c1-19(36)44-30-31(45-20(2)37)33(46-21(3)38)35(48-32(30)34(40)41-4)47-24-12-10-23(11-13-24)27-18-43-28-16-25(14-15-26(28)29(27)39)42-17-22-8-6-5-7-9-22/h5-16,18,30-33,35H,17H2,1-4H3/t30-,31-,32-,33+,35+/m0/s1. The number of hydrogen-bond acceptors (Lipinski definition) is 13. The van der Waals surface area contributed by atoms with Crippen LogP contribution in [0, 0.1) is 0 Å². The van der Waals surface area contributed by atoms with E-state index in [1.807, 2.05) is 30.3 Å². The Morgan fingerprint density at radius 3 is 2.02 bits per heavy atom. The lowest BCUT2D eigenvalue weighted by Gasteiger charge is -2.43. The molecule has 250 valence electrons. The zero-order valence-electron chi connectivity index (χ0n) is 26.4. The van der Waals surface area contributed by atoms with Gasteiger partial charge in [-0.2, -0.15) is 0 Å². The molecule has 1 aliphatic rings. The smallest absolute Gasteiger partial charge is 0.339 e. The number of benzene rings is 3. The van der Waals surface area contributed by atoms with E-state index < -0.39 is 54.6 Å². The maximum absolute atomic E-state index is 13.4. The van der Waals surface area contributed by atoms with E-state index in [1.165, 1.54) is 18.4 Å². The van der Waals surface area contributed by atoms with Crippen molar-refractivity contribution >= 4 is 34.8 Å². The molecule has 3 aromatic carbocycles. The van der Waals surface area contributed by atoms with Crippen LogP contribution in [0.4, 0.5) is 0 Å². The lowest BCUT2D eigenvalue weighted by molar-refractivity contribution is -0.282. The van der Waals surface area contributed by atoms with Crippen LogP contribution >= 0.6 is 0 Å². The minimum absolute atomic E-state index is 0.169. The van der Waals surface area contributed by atoms with Crippen molar-refractivity contribution in [3.8, 4) is 22.6 Å². The summed E-state index contributed by atoms with van der Waals surface area (Å²) in [6.45, 7) is 3.64. The first-order chi connectivity index (χ1) is 23.0. The van der Waals surface area contributed by atoms with Gasteiger partial charge in [-0.15, -0.1) is 0 Å². The molecule has 0 saturated carbocycles. The largest absolute Gasteiger partial charge is 0.489 e. The van der Waals surface area contributed by atoms with Gasteiger partial charge in [0, 0.05) is 26.8 Å². The third kappa shape index (κ3) is 7.81. The lowest BCUT2D eigenvalue weighted by Crippen LogP contribution is -2.64. The average molecular weight is 661 g/mol. The highest BCUT2D eigenvalue weighted by atomic mass is 16.7. The first kappa shape index (κ1) is 33.7. The van der Waals surface area contributed by atoms with Gasteiger partial charge < -0.3 is 37.6 Å². The van der Waals surface area contributed by atoms with Crippen molar-refractivity contribution < 1.29 is 56.8 Å². The monoisotopic (exact) mass is 660 g/mol. The summed E-state index contributed by atoms with van der Waals surface area (Å²) in [6, 6.07) is 20.9. The van der Waals surface area contributed by atoms with Gasteiger partial charge in [0.1, 0.15) is 30.0 Å². The molecule has 0 unspecified atom stereocenters. The molecule has 4 aromatic rings. The first-order valence-electron chi connectivity index (χ1n) is 14.8. The van der Waals surface area contributed by atoms with Gasteiger partial charge >= 0.3 is 23.9 Å². The highest BCUT2D eigenvalue weighted by Gasteiger charge is 2.55. The number of carbonyl (C=O) groups excluding carboxylic acids is 4. The molecule has 5 atom stereocenters. The van der Waals surface area contributed by atoms with Crippen molar-refractivity contribution in [3.05, 3.63) is 94.8 Å². The van der Waals surface area contributed by atoms with E-state index >= 15 is 0 Å². The zero-order valence-corrected chi connectivity index (χ0v) is 26.4. The van der Waals surface area contributed by atoms with Crippen LogP contribution in [0.15, 0.2) is 88.3 Å². The molecule has 1 aromatic heterocycles. The average Bonchev–Trinajstić information content (AvgIpc) is 3.06. The van der Waals surface area contributed by atoms with Crippen LogP contribution in [0.5, 0.6) is 11.5 Å². The summed E-state index contributed by atoms with van der Waals surface area (Å²) in [6.07, 6.45) is -6.27. The van der Waals surface area contributed by atoms with E-state index in [0.717, 1.165) is 33.4 Å². The topological polar surface area (TPSA) is 163 Å². The molecule has 0 N–H and O–H groups in total. The molecule has 1 aliphatic heterocycles. The fraction of sp³-hybridized carbons (Fsp3) is 0.286. The van der Waals surface area contributed by atoms with Crippen molar-refractivity contribution in [2.45, 2.75) is 58.1 Å². The van der Waals surface area contributed by atoms with Crippen LogP contribution < -0.4 is 14.9 Å². The zero-order chi connectivity index (χ0) is 34.4. The molecular weight excluding hydrogens is 628 g/mol. The highest BCUT2D eigenvalue weighted by molar-refractivity contribution is 5.82. The normalized spacial score (nSPS) is 20.3. The van der Waals surface area contributed by atoms with E-state index in [1.54, 1.807) is 30.3 Å². The van der Waals surface area contributed by atoms with Gasteiger partial charge in [-0.25, -0.2) is 4.79 Å². The number of esters is 4. The third-order valence-corrected chi connectivity index (χ3v) is 7.25. The molecule has 1 fully saturated rings. The molecule has 13 heteroatoms. The fourth-order valence-corrected chi connectivity index (χ4v) is 5.16. The summed E-state index contributed by atoms with van der Waals surface area (Å²) in [5.41, 5.74) is 1.87. The SMILES string of the molecule is COC(=O)[C@H]1O[C@@H](Oc2ccc(-c3coc4cc(OCc5ccccc5)ccc4c3=O)cc2)[C@H](OC(C)=O)[C@@H](OC(C)=O)[C@@H]1OC(C)=O. The number of rotatable bonds is 10.